The van der Waals surface area contributed by atoms with Gasteiger partial charge < -0.3 is 0 Å². The van der Waals surface area contributed by atoms with Crippen molar-refractivity contribution in [3.8, 4) is 0 Å². The van der Waals surface area contributed by atoms with Gasteiger partial charge in [-0.25, -0.2) is 4.79 Å². The number of likely N-dealkylation sites (N-methyl/N-ethyl adjacent to an activating group) is 2. The van der Waals surface area contributed by atoms with E-state index in [0.717, 1.165) is 4.90 Å². The molecule has 1 aliphatic rings. The van der Waals surface area contributed by atoms with Gasteiger partial charge in [0, 0.05) is 7.05 Å². The van der Waals surface area contributed by atoms with Crippen molar-refractivity contribution < 1.29 is 9.59 Å². The molecule has 1 saturated heterocycles. The van der Waals surface area contributed by atoms with Crippen LogP contribution >= 0.6 is 0 Å². The van der Waals surface area contributed by atoms with Crippen LogP contribution in [0.1, 0.15) is 6.92 Å². The van der Waals surface area contributed by atoms with Crippen LogP contribution in [0, 0.1) is 5.41 Å². The molecular weight excluding hydrogens is 172 g/mol. The molecule has 0 aliphatic carbocycles. The lowest BCUT2D eigenvalue weighted by molar-refractivity contribution is -0.128. The number of imide groups is 1. The number of hydrogen-bond donors (Lipinski definition) is 3. The molecule has 0 bridgehead atoms. The molecule has 0 spiro atoms. The van der Waals surface area contributed by atoms with Gasteiger partial charge in [0.05, 0.1) is 0 Å². The smallest absolute Gasteiger partial charge is 0.300 e. The van der Waals surface area contributed by atoms with Crippen LogP contribution in [0.5, 0.6) is 0 Å². The first kappa shape index (κ1) is 9.66. The molecule has 13 heavy (non-hydrogen) atoms. The minimum Gasteiger partial charge on any atom is -0.300 e. The number of urea groups is 1. The number of nitrogens with zero attached hydrogens (tertiary/aromatic N) is 1. The summed E-state index contributed by atoms with van der Waals surface area (Å²) in [5.74, 6) is -0.481. The van der Waals surface area contributed by atoms with E-state index in [1.54, 1.807) is 0 Å². The largest absolute Gasteiger partial charge is 0.329 e. The van der Waals surface area contributed by atoms with Crippen LogP contribution in [0.25, 0.3) is 0 Å². The zero-order valence-electron chi connectivity index (χ0n) is 7.55. The van der Waals surface area contributed by atoms with Gasteiger partial charge >= 0.3 is 6.03 Å². The van der Waals surface area contributed by atoms with Gasteiger partial charge in [-0.3, -0.25) is 25.7 Å². The summed E-state index contributed by atoms with van der Waals surface area (Å²) >= 11 is 0. The number of amidine groups is 1. The monoisotopic (exact) mass is 184 g/mol. The first-order chi connectivity index (χ1) is 6.07. The molecule has 6 nitrogen and oxygen atoms in total. The van der Waals surface area contributed by atoms with Crippen molar-refractivity contribution in [2.24, 2.45) is 0 Å². The summed E-state index contributed by atoms with van der Waals surface area (Å²) in [4.78, 5) is 23.4. The highest BCUT2D eigenvalue weighted by atomic mass is 16.2. The quantitative estimate of drug-likeness (QED) is 0.521. The Morgan fingerprint density at radius 1 is 1.62 bits per heavy atom. The van der Waals surface area contributed by atoms with Crippen molar-refractivity contribution >= 4 is 17.8 Å². The molecule has 1 atom stereocenters. The van der Waals surface area contributed by atoms with Crippen LogP contribution in [0.15, 0.2) is 0 Å². The molecule has 0 saturated carbocycles. The molecule has 1 fully saturated rings. The minimum atomic E-state index is -0.715. The van der Waals surface area contributed by atoms with Gasteiger partial charge in [0.1, 0.15) is 11.9 Å². The van der Waals surface area contributed by atoms with E-state index in [1.165, 1.54) is 7.05 Å². The first-order valence-electron chi connectivity index (χ1n) is 3.98. The van der Waals surface area contributed by atoms with E-state index >= 15 is 0 Å². The number of amides is 3. The average molecular weight is 184 g/mol. The van der Waals surface area contributed by atoms with Gasteiger partial charge in [-0.2, -0.15) is 0 Å². The molecule has 1 rings (SSSR count). The number of nitrogens with one attached hydrogen (secondary N) is 3. The molecule has 0 radical (unpaired) electrons. The minimum absolute atomic E-state index is 0.0880. The lowest BCUT2D eigenvalue weighted by Crippen LogP contribution is -2.63. The fraction of sp³-hybridized carbons (Fsp3) is 0.571. The number of carbonyl (C=O) groups excluding carboxylic acids is 2. The third-order valence-electron chi connectivity index (χ3n) is 1.82. The second-order valence-corrected chi connectivity index (χ2v) is 2.73. The molecule has 1 aliphatic heterocycles. The van der Waals surface area contributed by atoms with Crippen molar-refractivity contribution in [3.63, 3.8) is 0 Å². The van der Waals surface area contributed by atoms with Gasteiger partial charge in [0.2, 0.25) is 0 Å². The lowest BCUT2D eigenvalue weighted by Gasteiger charge is -2.29. The lowest BCUT2D eigenvalue weighted by atomic mass is 10.2. The summed E-state index contributed by atoms with van der Waals surface area (Å²) in [7, 11) is 1.38. The molecule has 3 N–H and O–H groups in total. The summed E-state index contributed by atoms with van der Waals surface area (Å²) < 4.78 is 0. The average Bonchev–Trinajstić information content (AvgIpc) is 2.09. The fourth-order valence-electron chi connectivity index (χ4n) is 1.08. The fourth-order valence-corrected chi connectivity index (χ4v) is 1.08. The second-order valence-electron chi connectivity index (χ2n) is 2.73. The van der Waals surface area contributed by atoms with E-state index in [0.29, 0.717) is 6.54 Å². The van der Waals surface area contributed by atoms with Gasteiger partial charge in [0.25, 0.3) is 5.91 Å². The number of hydrogen-bond acceptors (Lipinski definition) is 4. The van der Waals surface area contributed by atoms with Gasteiger partial charge in [0.15, 0.2) is 0 Å². The molecular formula is C7H12N4O2. The second kappa shape index (κ2) is 3.53. The highest BCUT2D eigenvalue weighted by molar-refractivity contribution is 6.19. The zero-order chi connectivity index (χ0) is 10.0. The van der Waals surface area contributed by atoms with E-state index in [-0.39, 0.29) is 5.84 Å². The van der Waals surface area contributed by atoms with E-state index < -0.39 is 18.0 Å². The van der Waals surface area contributed by atoms with E-state index in [1.807, 2.05) is 6.92 Å². The SMILES string of the molecule is CCNC1C(=N)NC(=O)N(C)C1=O. The Kier molecular flexibility index (Phi) is 2.62. The Hall–Kier alpha value is -1.43. The summed E-state index contributed by atoms with van der Waals surface area (Å²) in [5.41, 5.74) is 0. The highest BCUT2D eigenvalue weighted by Crippen LogP contribution is 2.00. The summed E-state index contributed by atoms with van der Waals surface area (Å²) in [6.45, 7) is 2.40. The van der Waals surface area contributed by atoms with Crippen molar-refractivity contribution in [2.75, 3.05) is 13.6 Å². The van der Waals surface area contributed by atoms with Crippen molar-refractivity contribution in [2.45, 2.75) is 13.0 Å². The topological polar surface area (TPSA) is 85.3 Å². The van der Waals surface area contributed by atoms with Gasteiger partial charge in [-0.15, -0.1) is 0 Å². The van der Waals surface area contributed by atoms with Crippen LogP contribution in [0.4, 0.5) is 4.79 Å². The van der Waals surface area contributed by atoms with Crippen molar-refractivity contribution in [1.29, 1.82) is 5.41 Å². The van der Waals surface area contributed by atoms with E-state index in [9.17, 15) is 9.59 Å². The molecule has 6 heteroatoms. The molecule has 72 valence electrons. The van der Waals surface area contributed by atoms with Crippen LogP contribution in [-0.4, -0.2) is 42.3 Å². The number of rotatable bonds is 2. The van der Waals surface area contributed by atoms with Crippen LogP contribution in [0.2, 0.25) is 0 Å². The maximum Gasteiger partial charge on any atom is 0.329 e. The van der Waals surface area contributed by atoms with Crippen molar-refractivity contribution in [1.82, 2.24) is 15.5 Å². The summed E-state index contributed by atoms with van der Waals surface area (Å²) in [6.07, 6.45) is 0. The van der Waals surface area contributed by atoms with Crippen LogP contribution in [-0.2, 0) is 4.79 Å². The first-order valence-corrected chi connectivity index (χ1v) is 3.98. The predicted octanol–water partition coefficient (Wildman–Crippen LogP) is -0.877. The molecule has 1 unspecified atom stereocenters. The maximum absolute atomic E-state index is 11.4. The number of carbonyl (C=O) groups is 2. The predicted molar refractivity (Wildman–Crippen MR) is 46.5 cm³/mol. The third-order valence-corrected chi connectivity index (χ3v) is 1.82. The Labute approximate surface area is 75.8 Å². The molecule has 0 aromatic heterocycles. The van der Waals surface area contributed by atoms with Crippen LogP contribution in [0.3, 0.4) is 0 Å². The highest BCUT2D eigenvalue weighted by Gasteiger charge is 2.34. The standard InChI is InChI=1S/C7H12N4O2/c1-3-9-4-5(8)10-7(13)11(2)6(4)12/h4,9H,3H2,1-2H3,(H2,8,10,13). The molecule has 1 heterocycles. The zero-order valence-corrected chi connectivity index (χ0v) is 7.55. The van der Waals surface area contributed by atoms with Crippen LogP contribution < -0.4 is 10.6 Å². The Bertz CT molecular complexity index is 263. The molecule has 0 aromatic rings. The normalized spacial score (nSPS) is 23.4. The Balaban J connectivity index is 2.79. The van der Waals surface area contributed by atoms with Crippen molar-refractivity contribution in [3.05, 3.63) is 0 Å². The van der Waals surface area contributed by atoms with Gasteiger partial charge in [-0.1, -0.05) is 6.92 Å². The summed E-state index contributed by atoms with van der Waals surface area (Å²) in [5, 5.41) is 12.4. The summed E-state index contributed by atoms with van der Waals surface area (Å²) in [6, 6.07) is -1.27. The maximum atomic E-state index is 11.4. The Morgan fingerprint density at radius 2 is 2.23 bits per heavy atom. The molecule has 3 amide bonds. The van der Waals surface area contributed by atoms with E-state index in [2.05, 4.69) is 10.6 Å². The van der Waals surface area contributed by atoms with E-state index in [4.69, 9.17) is 5.41 Å². The third kappa shape index (κ3) is 1.67. The Morgan fingerprint density at radius 3 is 2.77 bits per heavy atom. The van der Waals surface area contributed by atoms with Gasteiger partial charge in [-0.05, 0) is 6.54 Å². The molecule has 0 aromatic carbocycles.